The first-order valence-corrected chi connectivity index (χ1v) is 11.6. The topological polar surface area (TPSA) is 91.1 Å². The van der Waals surface area contributed by atoms with Gasteiger partial charge in [-0.05, 0) is 43.2 Å². The van der Waals surface area contributed by atoms with Crippen LogP contribution in [0, 0.1) is 0 Å². The van der Waals surface area contributed by atoms with Crippen LogP contribution in [0.5, 0.6) is 0 Å². The molecule has 2 amide bonds. The van der Waals surface area contributed by atoms with Crippen LogP contribution in [0.15, 0.2) is 45.9 Å². The fourth-order valence-electron chi connectivity index (χ4n) is 3.75. The van der Waals surface area contributed by atoms with Crippen LogP contribution >= 0.6 is 11.6 Å². The first-order chi connectivity index (χ1) is 14.4. The fraction of sp³-hybridized carbons (Fsp3) is 0.400. The van der Waals surface area contributed by atoms with Gasteiger partial charge in [0.05, 0.1) is 21.7 Å². The predicted octanol–water partition coefficient (Wildman–Crippen LogP) is 2.32. The van der Waals surface area contributed by atoms with Gasteiger partial charge in [0.25, 0.3) is 11.8 Å². The maximum absolute atomic E-state index is 13.0. The summed E-state index contributed by atoms with van der Waals surface area (Å²) in [5.41, 5.74) is 0.155. The lowest BCUT2D eigenvalue weighted by atomic mass is 10.1. The lowest BCUT2D eigenvalue weighted by Crippen LogP contribution is -2.50. The molecule has 30 heavy (non-hydrogen) atoms. The molecule has 0 unspecified atom stereocenters. The van der Waals surface area contributed by atoms with E-state index in [4.69, 9.17) is 16.0 Å². The van der Waals surface area contributed by atoms with E-state index < -0.39 is 10.0 Å². The molecule has 2 fully saturated rings. The molecule has 0 aliphatic carbocycles. The Balaban J connectivity index is 1.48. The summed E-state index contributed by atoms with van der Waals surface area (Å²) >= 11 is 6.23. The molecule has 8 nitrogen and oxygen atoms in total. The number of furan rings is 1. The average Bonchev–Trinajstić information content (AvgIpc) is 3.47. The minimum Gasteiger partial charge on any atom is -0.459 e. The van der Waals surface area contributed by atoms with Crippen LogP contribution in [0.2, 0.25) is 5.02 Å². The van der Waals surface area contributed by atoms with E-state index in [2.05, 4.69) is 0 Å². The third-order valence-corrected chi connectivity index (χ3v) is 7.68. The van der Waals surface area contributed by atoms with Crippen LogP contribution in [0.3, 0.4) is 0 Å². The molecule has 2 aromatic rings. The molecular weight excluding hydrogens is 430 g/mol. The largest absolute Gasteiger partial charge is 0.459 e. The van der Waals surface area contributed by atoms with Crippen molar-refractivity contribution in [1.82, 2.24) is 14.1 Å². The van der Waals surface area contributed by atoms with Crippen LogP contribution in [0.25, 0.3) is 0 Å². The van der Waals surface area contributed by atoms with E-state index in [0.717, 1.165) is 12.8 Å². The van der Waals surface area contributed by atoms with Gasteiger partial charge >= 0.3 is 0 Å². The van der Waals surface area contributed by atoms with Crippen LogP contribution in [-0.2, 0) is 10.0 Å². The van der Waals surface area contributed by atoms with Gasteiger partial charge < -0.3 is 14.2 Å². The van der Waals surface area contributed by atoms with E-state index in [1.165, 1.54) is 28.8 Å². The Labute approximate surface area is 180 Å². The molecule has 2 saturated heterocycles. The molecule has 1 aromatic heterocycles. The molecule has 160 valence electrons. The molecule has 4 rings (SSSR count). The van der Waals surface area contributed by atoms with E-state index in [0.29, 0.717) is 39.3 Å². The van der Waals surface area contributed by atoms with Gasteiger partial charge in [-0.3, -0.25) is 9.59 Å². The van der Waals surface area contributed by atoms with E-state index in [1.807, 2.05) is 0 Å². The Morgan fingerprint density at radius 1 is 0.900 bits per heavy atom. The van der Waals surface area contributed by atoms with Gasteiger partial charge in [-0.25, -0.2) is 8.42 Å². The summed E-state index contributed by atoms with van der Waals surface area (Å²) in [5.74, 6) is -0.301. The van der Waals surface area contributed by atoms with Crippen molar-refractivity contribution in [2.45, 2.75) is 17.7 Å². The third kappa shape index (κ3) is 3.97. The number of rotatable bonds is 4. The summed E-state index contributed by atoms with van der Waals surface area (Å²) in [5, 5.41) is 0.203. The Morgan fingerprint density at radius 2 is 1.53 bits per heavy atom. The fourth-order valence-corrected chi connectivity index (χ4v) is 5.49. The van der Waals surface area contributed by atoms with Crippen molar-refractivity contribution in [2.75, 3.05) is 39.3 Å². The van der Waals surface area contributed by atoms with Gasteiger partial charge in [0.15, 0.2) is 5.76 Å². The predicted molar refractivity (Wildman–Crippen MR) is 110 cm³/mol. The SMILES string of the molecule is O=C(c1ccco1)N1CCN(C(=O)c2cc(S(=O)(=O)N3CCCC3)ccc2Cl)CC1. The summed E-state index contributed by atoms with van der Waals surface area (Å²) in [4.78, 5) is 28.7. The number of benzene rings is 1. The number of hydrogen-bond acceptors (Lipinski definition) is 5. The number of nitrogens with zero attached hydrogens (tertiary/aromatic N) is 3. The van der Waals surface area contributed by atoms with Crippen LogP contribution < -0.4 is 0 Å². The summed E-state index contributed by atoms with van der Waals surface area (Å²) in [6.07, 6.45) is 3.11. The monoisotopic (exact) mass is 451 g/mol. The number of halogens is 1. The highest BCUT2D eigenvalue weighted by atomic mass is 35.5. The number of amides is 2. The van der Waals surface area contributed by atoms with E-state index in [9.17, 15) is 18.0 Å². The van der Waals surface area contributed by atoms with Gasteiger partial charge in [0, 0.05) is 39.3 Å². The number of carbonyl (C=O) groups excluding carboxylic acids is 2. The summed E-state index contributed by atoms with van der Waals surface area (Å²) in [7, 11) is -3.65. The number of sulfonamides is 1. The Morgan fingerprint density at radius 3 is 2.13 bits per heavy atom. The molecule has 0 N–H and O–H groups in total. The first-order valence-electron chi connectivity index (χ1n) is 9.80. The van der Waals surface area contributed by atoms with Crippen LogP contribution in [0.4, 0.5) is 0 Å². The maximum Gasteiger partial charge on any atom is 0.289 e. The molecular formula is C20H22ClN3O5S. The van der Waals surface area contributed by atoms with Gasteiger partial charge in [-0.15, -0.1) is 0 Å². The molecule has 0 atom stereocenters. The van der Waals surface area contributed by atoms with Crippen LogP contribution in [-0.4, -0.2) is 73.6 Å². The van der Waals surface area contributed by atoms with Gasteiger partial charge in [-0.2, -0.15) is 4.31 Å². The Kier molecular flexibility index (Phi) is 5.86. The van der Waals surface area contributed by atoms with Crippen molar-refractivity contribution >= 4 is 33.4 Å². The smallest absolute Gasteiger partial charge is 0.289 e. The average molecular weight is 452 g/mol. The highest BCUT2D eigenvalue weighted by molar-refractivity contribution is 7.89. The standard InChI is InChI=1S/C20H22ClN3O5S/c21-17-6-5-15(30(27,28)24-7-1-2-8-24)14-16(17)19(25)22-9-11-23(12-10-22)20(26)18-4-3-13-29-18/h3-6,13-14H,1-2,7-12H2. The zero-order valence-corrected chi connectivity index (χ0v) is 17.9. The second kappa shape index (κ2) is 8.41. The molecule has 0 radical (unpaired) electrons. The molecule has 0 spiro atoms. The lowest BCUT2D eigenvalue weighted by molar-refractivity contribution is 0.0518. The maximum atomic E-state index is 13.0. The van der Waals surface area contributed by atoms with E-state index in [1.54, 1.807) is 21.9 Å². The minimum absolute atomic E-state index is 0.0729. The van der Waals surface area contributed by atoms with Gasteiger partial charge in [0.1, 0.15) is 0 Å². The summed E-state index contributed by atoms with van der Waals surface area (Å²) in [6, 6.07) is 7.50. The van der Waals surface area contributed by atoms with Gasteiger partial charge in [0.2, 0.25) is 10.0 Å². The molecule has 2 aliphatic heterocycles. The number of piperazine rings is 1. The molecule has 10 heteroatoms. The van der Waals surface area contributed by atoms with Crippen molar-refractivity contribution in [3.8, 4) is 0 Å². The normalized spacial score (nSPS) is 18.0. The van der Waals surface area contributed by atoms with E-state index >= 15 is 0 Å². The molecule has 1 aromatic carbocycles. The third-order valence-electron chi connectivity index (χ3n) is 5.46. The first kappa shape index (κ1) is 20.9. The van der Waals surface area contributed by atoms with Crippen molar-refractivity contribution in [3.63, 3.8) is 0 Å². The van der Waals surface area contributed by atoms with Crippen LogP contribution in [0.1, 0.15) is 33.8 Å². The molecule has 3 heterocycles. The minimum atomic E-state index is -3.65. The lowest BCUT2D eigenvalue weighted by Gasteiger charge is -2.34. The number of hydrogen-bond donors (Lipinski definition) is 0. The zero-order valence-electron chi connectivity index (χ0n) is 16.3. The Hall–Kier alpha value is -2.36. The highest BCUT2D eigenvalue weighted by Crippen LogP contribution is 2.26. The zero-order chi connectivity index (χ0) is 21.3. The van der Waals surface area contributed by atoms with Crippen molar-refractivity contribution in [2.24, 2.45) is 0 Å². The second-order valence-electron chi connectivity index (χ2n) is 7.31. The molecule has 0 bridgehead atoms. The van der Waals surface area contributed by atoms with Gasteiger partial charge in [-0.1, -0.05) is 11.6 Å². The summed E-state index contributed by atoms with van der Waals surface area (Å²) < 4.78 is 32.2. The second-order valence-corrected chi connectivity index (χ2v) is 9.66. The quantitative estimate of drug-likeness (QED) is 0.711. The Bertz CT molecular complexity index is 1040. The van der Waals surface area contributed by atoms with Crippen molar-refractivity contribution in [3.05, 3.63) is 52.9 Å². The molecule has 0 saturated carbocycles. The highest BCUT2D eigenvalue weighted by Gasteiger charge is 2.31. The summed E-state index contributed by atoms with van der Waals surface area (Å²) in [6.45, 7) is 2.33. The van der Waals surface area contributed by atoms with E-state index in [-0.39, 0.29) is 33.1 Å². The van der Waals surface area contributed by atoms with Crippen molar-refractivity contribution < 1.29 is 22.4 Å². The molecule has 2 aliphatic rings. The van der Waals surface area contributed by atoms with Crippen molar-refractivity contribution in [1.29, 1.82) is 0 Å². The number of carbonyl (C=O) groups is 2.